The zero-order valence-corrected chi connectivity index (χ0v) is 15.4. The summed E-state index contributed by atoms with van der Waals surface area (Å²) in [5.74, 6) is 1.23. The SMILES string of the molecule is ClCCN(CCCl)Cc1cc2c3ccccc3c3ccccc3c2[nH]1. The van der Waals surface area contributed by atoms with E-state index in [2.05, 4.69) is 64.5 Å². The molecule has 0 atom stereocenters. The predicted octanol–water partition coefficient (Wildman–Crippen LogP) is 5.75. The quantitative estimate of drug-likeness (QED) is 0.338. The second-order valence-corrected chi connectivity index (χ2v) is 7.08. The van der Waals surface area contributed by atoms with Crippen LogP contribution in [-0.4, -0.2) is 34.7 Å². The predicted molar refractivity (Wildman–Crippen MR) is 110 cm³/mol. The Morgan fingerprint density at radius 2 is 1.24 bits per heavy atom. The van der Waals surface area contributed by atoms with Crippen molar-refractivity contribution in [2.45, 2.75) is 6.54 Å². The van der Waals surface area contributed by atoms with Gasteiger partial charge in [-0.3, -0.25) is 4.90 Å². The fourth-order valence-corrected chi connectivity index (χ4v) is 4.14. The minimum atomic E-state index is 0.614. The Bertz CT molecular complexity index is 944. The standard InChI is InChI=1S/C21H20Cl2N2/c22-9-11-25(12-10-23)14-15-13-20-18-7-2-1-5-16(18)17-6-3-4-8-19(17)21(20)24-15/h1-8,13,24H,9-12,14H2. The molecule has 4 heteroatoms. The van der Waals surface area contributed by atoms with Gasteiger partial charge in [0.25, 0.3) is 0 Å². The Morgan fingerprint density at radius 1 is 0.720 bits per heavy atom. The van der Waals surface area contributed by atoms with Gasteiger partial charge in [0.05, 0.1) is 5.52 Å². The minimum absolute atomic E-state index is 0.614. The number of halogens is 2. The number of fused-ring (bicyclic) bond motifs is 6. The van der Waals surface area contributed by atoms with E-state index < -0.39 is 0 Å². The van der Waals surface area contributed by atoms with E-state index in [4.69, 9.17) is 23.2 Å². The first-order chi connectivity index (χ1) is 12.3. The van der Waals surface area contributed by atoms with Crippen molar-refractivity contribution in [2.75, 3.05) is 24.8 Å². The number of rotatable bonds is 6. The van der Waals surface area contributed by atoms with Crippen molar-refractivity contribution in [3.8, 4) is 0 Å². The number of alkyl halides is 2. The number of aromatic amines is 1. The second-order valence-electron chi connectivity index (χ2n) is 6.33. The minimum Gasteiger partial charge on any atom is -0.357 e. The van der Waals surface area contributed by atoms with Crippen LogP contribution in [0.3, 0.4) is 0 Å². The van der Waals surface area contributed by atoms with Crippen LogP contribution in [0.1, 0.15) is 5.69 Å². The number of H-pyrrole nitrogens is 1. The van der Waals surface area contributed by atoms with E-state index >= 15 is 0 Å². The molecule has 0 aliphatic heterocycles. The first-order valence-corrected chi connectivity index (χ1v) is 9.64. The van der Waals surface area contributed by atoms with Crippen molar-refractivity contribution >= 4 is 55.6 Å². The van der Waals surface area contributed by atoms with Gasteiger partial charge < -0.3 is 4.98 Å². The molecular formula is C21H20Cl2N2. The molecule has 0 saturated heterocycles. The molecule has 0 unspecified atom stereocenters. The van der Waals surface area contributed by atoms with E-state index in [-0.39, 0.29) is 0 Å². The molecule has 0 radical (unpaired) electrons. The highest BCUT2D eigenvalue weighted by Gasteiger charge is 2.12. The topological polar surface area (TPSA) is 19.0 Å². The summed E-state index contributed by atoms with van der Waals surface area (Å²) in [5.41, 5.74) is 2.41. The van der Waals surface area contributed by atoms with Crippen molar-refractivity contribution in [3.05, 3.63) is 60.3 Å². The van der Waals surface area contributed by atoms with Gasteiger partial charge in [-0.1, -0.05) is 48.5 Å². The Hall–Kier alpha value is -1.74. The summed E-state index contributed by atoms with van der Waals surface area (Å²) >= 11 is 11.9. The summed E-state index contributed by atoms with van der Waals surface area (Å²) < 4.78 is 0. The van der Waals surface area contributed by atoms with Gasteiger partial charge in [0, 0.05) is 47.9 Å². The summed E-state index contributed by atoms with van der Waals surface area (Å²) in [6.45, 7) is 2.51. The van der Waals surface area contributed by atoms with Gasteiger partial charge >= 0.3 is 0 Å². The first kappa shape index (κ1) is 16.7. The van der Waals surface area contributed by atoms with Crippen LogP contribution in [0.2, 0.25) is 0 Å². The average molecular weight is 371 g/mol. The summed E-state index contributed by atoms with van der Waals surface area (Å²) in [7, 11) is 0. The fourth-order valence-electron chi connectivity index (χ4n) is 3.66. The molecule has 0 aliphatic carbocycles. The highest BCUT2D eigenvalue weighted by Crippen LogP contribution is 2.35. The van der Waals surface area contributed by atoms with E-state index in [1.54, 1.807) is 0 Å². The highest BCUT2D eigenvalue weighted by atomic mass is 35.5. The highest BCUT2D eigenvalue weighted by molar-refractivity contribution is 6.24. The number of aromatic nitrogens is 1. The van der Waals surface area contributed by atoms with Gasteiger partial charge in [-0.15, -0.1) is 23.2 Å². The van der Waals surface area contributed by atoms with Crippen molar-refractivity contribution < 1.29 is 0 Å². The van der Waals surface area contributed by atoms with E-state index in [1.807, 2.05) is 0 Å². The summed E-state index contributed by atoms with van der Waals surface area (Å²) in [4.78, 5) is 5.94. The molecule has 0 spiro atoms. The third-order valence-electron chi connectivity index (χ3n) is 4.77. The van der Waals surface area contributed by atoms with Gasteiger partial charge in [0.15, 0.2) is 0 Å². The smallest absolute Gasteiger partial charge is 0.0542 e. The summed E-state index contributed by atoms with van der Waals surface area (Å²) in [6.07, 6.45) is 0. The third kappa shape index (κ3) is 3.10. The van der Waals surface area contributed by atoms with Gasteiger partial charge in [-0.2, -0.15) is 0 Å². The van der Waals surface area contributed by atoms with Crippen LogP contribution in [0, 0.1) is 0 Å². The molecule has 1 N–H and O–H groups in total. The molecule has 0 aliphatic rings. The molecule has 4 aromatic rings. The fraction of sp³-hybridized carbons (Fsp3) is 0.238. The molecule has 1 aromatic heterocycles. The number of nitrogens with one attached hydrogen (secondary N) is 1. The first-order valence-electron chi connectivity index (χ1n) is 8.57. The zero-order valence-electron chi connectivity index (χ0n) is 13.9. The van der Waals surface area contributed by atoms with Crippen LogP contribution in [-0.2, 0) is 6.54 Å². The van der Waals surface area contributed by atoms with Crippen LogP contribution in [0.4, 0.5) is 0 Å². The Labute approximate surface area is 157 Å². The Balaban J connectivity index is 1.90. The van der Waals surface area contributed by atoms with E-state index in [0.29, 0.717) is 11.8 Å². The van der Waals surface area contributed by atoms with Crippen molar-refractivity contribution in [1.82, 2.24) is 9.88 Å². The number of nitrogens with zero attached hydrogens (tertiary/aromatic N) is 1. The summed E-state index contributed by atoms with van der Waals surface area (Å²) in [5, 5.41) is 6.43. The van der Waals surface area contributed by atoms with Crippen molar-refractivity contribution in [2.24, 2.45) is 0 Å². The van der Waals surface area contributed by atoms with Crippen LogP contribution in [0.15, 0.2) is 54.6 Å². The molecule has 1 heterocycles. The second kappa shape index (κ2) is 7.25. The molecule has 3 aromatic carbocycles. The maximum absolute atomic E-state index is 5.94. The lowest BCUT2D eigenvalue weighted by Gasteiger charge is -2.18. The summed E-state index contributed by atoms with van der Waals surface area (Å²) in [6, 6.07) is 19.5. The van der Waals surface area contributed by atoms with Gasteiger partial charge in [0.1, 0.15) is 0 Å². The maximum Gasteiger partial charge on any atom is 0.0542 e. The normalized spacial score (nSPS) is 12.0. The molecular weight excluding hydrogens is 351 g/mol. The van der Waals surface area contributed by atoms with E-state index in [9.17, 15) is 0 Å². The largest absolute Gasteiger partial charge is 0.357 e. The molecule has 0 amide bonds. The molecule has 25 heavy (non-hydrogen) atoms. The molecule has 0 fully saturated rings. The van der Waals surface area contributed by atoms with Crippen LogP contribution < -0.4 is 0 Å². The van der Waals surface area contributed by atoms with Crippen LogP contribution in [0.25, 0.3) is 32.4 Å². The molecule has 2 nitrogen and oxygen atoms in total. The number of hydrogen-bond acceptors (Lipinski definition) is 1. The molecule has 0 bridgehead atoms. The number of hydrogen-bond donors (Lipinski definition) is 1. The van der Waals surface area contributed by atoms with Crippen LogP contribution in [0.5, 0.6) is 0 Å². The van der Waals surface area contributed by atoms with Crippen LogP contribution >= 0.6 is 23.2 Å². The zero-order chi connectivity index (χ0) is 17.2. The van der Waals surface area contributed by atoms with Gasteiger partial charge in [-0.25, -0.2) is 0 Å². The van der Waals surface area contributed by atoms with Crippen molar-refractivity contribution in [1.29, 1.82) is 0 Å². The third-order valence-corrected chi connectivity index (χ3v) is 5.11. The molecule has 4 rings (SSSR count). The number of benzene rings is 3. The Morgan fingerprint density at radius 3 is 1.84 bits per heavy atom. The lowest BCUT2D eigenvalue weighted by atomic mass is 9.98. The van der Waals surface area contributed by atoms with E-state index in [1.165, 1.54) is 38.1 Å². The Kier molecular flexibility index (Phi) is 4.85. The van der Waals surface area contributed by atoms with Gasteiger partial charge in [-0.05, 0) is 22.2 Å². The monoisotopic (exact) mass is 370 g/mol. The lowest BCUT2D eigenvalue weighted by Crippen LogP contribution is -2.27. The van der Waals surface area contributed by atoms with E-state index in [0.717, 1.165) is 19.6 Å². The lowest BCUT2D eigenvalue weighted by molar-refractivity contribution is 0.296. The van der Waals surface area contributed by atoms with Crippen molar-refractivity contribution in [3.63, 3.8) is 0 Å². The van der Waals surface area contributed by atoms with Gasteiger partial charge in [0.2, 0.25) is 0 Å². The maximum atomic E-state index is 5.94. The molecule has 128 valence electrons. The average Bonchev–Trinajstić information content (AvgIpc) is 3.06. The molecule has 0 saturated carbocycles.